The number of nitrogens with two attached hydrogens (primary N) is 1. The summed E-state index contributed by atoms with van der Waals surface area (Å²) in [7, 11) is 1.13. The smallest absolute Gasteiger partial charge is 0.438 e. The number of para-hydroxylation sites is 1. The number of esters is 1. The van der Waals surface area contributed by atoms with E-state index in [2.05, 4.69) is 14.8 Å². The zero-order chi connectivity index (χ0) is 22.1. The highest BCUT2D eigenvalue weighted by atomic mass is 32.2. The van der Waals surface area contributed by atoms with E-state index in [1.807, 2.05) is 0 Å². The molecule has 0 saturated carbocycles. The third-order valence-electron chi connectivity index (χ3n) is 4.93. The first-order valence-corrected chi connectivity index (χ1v) is 10.0. The molecule has 3 atom stereocenters. The van der Waals surface area contributed by atoms with E-state index in [0.717, 1.165) is 7.11 Å². The van der Waals surface area contributed by atoms with Gasteiger partial charge in [-0.2, -0.15) is 0 Å². The lowest BCUT2D eigenvalue weighted by Crippen LogP contribution is -2.70. The van der Waals surface area contributed by atoms with Gasteiger partial charge in [-0.15, -0.1) is 11.8 Å². The number of amides is 2. The summed E-state index contributed by atoms with van der Waals surface area (Å²) in [6, 6.07) is 5.39. The Bertz CT molecular complexity index is 875. The second-order valence-corrected chi connectivity index (χ2v) is 9.13. The van der Waals surface area contributed by atoms with Crippen molar-refractivity contribution in [2.24, 2.45) is 0 Å². The standard InChI is InChI=1S/C19H23N3O7S/c1-19(2)14(17(25)28-9-29-18(26)27-3)22-15(24)13(16(22)30-19)21-12(23)8-10-6-4-5-7-11(10)20/h4-7,13-14,16H,8-9,20H2,1-3H3,(H,21,23)/t13?,14-,16+/m0/s1. The van der Waals surface area contributed by atoms with Crippen molar-refractivity contribution < 1.29 is 33.4 Å². The van der Waals surface area contributed by atoms with Gasteiger partial charge in [-0.1, -0.05) is 18.2 Å². The number of hydrogen-bond acceptors (Lipinski definition) is 9. The molecule has 10 nitrogen and oxygen atoms in total. The van der Waals surface area contributed by atoms with Gasteiger partial charge in [0.2, 0.25) is 18.6 Å². The first kappa shape index (κ1) is 21.8. The lowest BCUT2D eigenvalue weighted by molar-refractivity contribution is -0.170. The normalized spacial score (nSPS) is 23.8. The minimum absolute atomic E-state index is 0.0492. The predicted molar refractivity (Wildman–Crippen MR) is 107 cm³/mol. The number of carbonyl (C=O) groups excluding carboxylic acids is 4. The van der Waals surface area contributed by atoms with E-state index >= 15 is 0 Å². The summed E-state index contributed by atoms with van der Waals surface area (Å²) in [6.07, 6.45) is -0.935. The monoisotopic (exact) mass is 437 g/mol. The van der Waals surface area contributed by atoms with Gasteiger partial charge >= 0.3 is 12.1 Å². The summed E-state index contributed by atoms with van der Waals surface area (Å²) in [6.45, 7) is 2.99. The molecule has 2 heterocycles. The Balaban J connectivity index is 1.61. The number of ether oxygens (including phenoxy) is 3. The number of hydrogen-bond donors (Lipinski definition) is 2. The largest absolute Gasteiger partial charge is 0.510 e. The van der Waals surface area contributed by atoms with Crippen LogP contribution in [0.15, 0.2) is 24.3 Å². The van der Waals surface area contributed by atoms with E-state index in [1.54, 1.807) is 38.1 Å². The SMILES string of the molecule is COC(=O)OCOC(=O)[C@@H]1N2C(=O)C(NC(=O)Cc3ccccc3N)[C@H]2SC1(C)C. The molecular formula is C19H23N3O7S. The first-order chi connectivity index (χ1) is 14.2. The average Bonchev–Trinajstić information content (AvgIpc) is 2.95. The molecular weight excluding hydrogens is 414 g/mol. The molecule has 11 heteroatoms. The summed E-state index contributed by atoms with van der Waals surface area (Å²) >= 11 is 1.39. The third-order valence-corrected chi connectivity index (χ3v) is 6.50. The Labute approximate surface area is 177 Å². The van der Waals surface area contributed by atoms with Gasteiger partial charge in [0.25, 0.3) is 0 Å². The second kappa shape index (κ2) is 8.42. The van der Waals surface area contributed by atoms with Crippen LogP contribution in [-0.4, -0.2) is 64.9 Å². The van der Waals surface area contributed by atoms with E-state index in [-0.39, 0.29) is 18.2 Å². The van der Waals surface area contributed by atoms with Crippen LogP contribution in [0.2, 0.25) is 0 Å². The zero-order valence-electron chi connectivity index (χ0n) is 16.7. The molecule has 0 aliphatic carbocycles. The van der Waals surface area contributed by atoms with E-state index < -0.39 is 41.1 Å². The van der Waals surface area contributed by atoms with Crippen LogP contribution in [0, 0.1) is 0 Å². The number of β-lactam (4-membered cyclic amide) rings is 1. The number of anilines is 1. The quantitative estimate of drug-likeness (QED) is 0.284. The Morgan fingerprint density at radius 1 is 1.23 bits per heavy atom. The number of methoxy groups -OCH3 is 1. The van der Waals surface area contributed by atoms with Crippen LogP contribution in [0.5, 0.6) is 0 Å². The summed E-state index contributed by atoms with van der Waals surface area (Å²) in [4.78, 5) is 50.0. The van der Waals surface area contributed by atoms with Gasteiger partial charge in [-0.3, -0.25) is 9.59 Å². The lowest BCUT2D eigenvalue weighted by atomic mass is 9.96. The third kappa shape index (κ3) is 4.16. The van der Waals surface area contributed by atoms with Crippen LogP contribution < -0.4 is 11.1 Å². The molecule has 1 unspecified atom stereocenters. The highest BCUT2D eigenvalue weighted by Crippen LogP contribution is 2.51. The van der Waals surface area contributed by atoms with Crippen molar-refractivity contribution in [3.8, 4) is 0 Å². The van der Waals surface area contributed by atoms with Crippen molar-refractivity contribution in [2.75, 3.05) is 19.6 Å². The number of nitrogen functional groups attached to an aromatic ring is 1. The van der Waals surface area contributed by atoms with Gasteiger partial charge in [-0.25, -0.2) is 9.59 Å². The van der Waals surface area contributed by atoms with Crippen molar-refractivity contribution in [1.29, 1.82) is 0 Å². The number of benzene rings is 1. The maximum Gasteiger partial charge on any atom is 0.510 e. The Kier molecular flexibility index (Phi) is 6.11. The molecule has 1 aromatic rings. The van der Waals surface area contributed by atoms with Gasteiger partial charge in [-0.05, 0) is 25.5 Å². The first-order valence-electron chi connectivity index (χ1n) is 9.16. The molecule has 0 spiro atoms. The zero-order valence-corrected chi connectivity index (χ0v) is 17.6. The van der Waals surface area contributed by atoms with Crippen molar-refractivity contribution in [1.82, 2.24) is 10.2 Å². The summed E-state index contributed by atoms with van der Waals surface area (Å²) in [5.41, 5.74) is 7.04. The van der Waals surface area contributed by atoms with Crippen LogP contribution in [0.25, 0.3) is 0 Å². The van der Waals surface area contributed by atoms with Crippen molar-refractivity contribution in [3.05, 3.63) is 29.8 Å². The van der Waals surface area contributed by atoms with E-state index in [0.29, 0.717) is 11.3 Å². The minimum atomic E-state index is -0.984. The highest BCUT2D eigenvalue weighted by Gasteiger charge is 2.64. The average molecular weight is 437 g/mol. The van der Waals surface area contributed by atoms with Gasteiger partial charge in [0.1, 0.15) is 17.5 Å². The maximum atomic E-state index is 12.7. The molecule has 30 heavy (non-hydrogen) atoms. The number of fused-ring (bicyclic) bond motifs is 1. The van der Waals surface area contributed by atoms with Crippen molar-refractivity contribution in [2.45, 2.75) is 42.5 Å². The van der Waals surface area contributed by atoms with Crippen LogP contribution in [-0.2, 0) is 35.0 Å². The summed E-state index contributed by atoms with van der Waals surface area (Å²) < 4.78 is 13.2. The fourth-order valence-corrected chi connectivity index (χ4v) is 5.11. The van der Waals surface area contributed by atoms with Gasteiger partial charge in [0.05, 0.1) is 13.5 Å². The van der Waals surface area contributed by atoms with E-state index in [1.165, 1.54) is 16.7 Å². The molecule has 0 bridgehead atoms. The molecule has 2 aliphatic heterocycles. The Hall–Kier alpha value is -2.95. The molecule has 3 rings (SSSR count). The van der Waals surface area contributed by atoms with Crippen LogP contribution in [0.1, 0.15) is 19.4 Å². The molecule has 0 radical (unpaired) electrons. The molecule has 2 saturated heterocycles. The topological polar surface area (TPSA) is 137 Å². The second-order valence-electron chi connectivity index (χ2n) is 7.36. The number of thioether (sulfide) groups is 1. The molecule has 2 aliphatic rings. The van der Waals surface area contributed by atoms with Crippen LogP contribution >= 0.6 is 11.8 Å². The van der Waals surface area contributed by atoms with Gasteiger partial charge < -0.3 is 30.2 Å². The summed E-state index contributed by atoms with van der Waals surface area (Å²) in [5.74, 6) is -1.40. The van der Waals surface area contributed by atoms with E-state index in [4.69, 9.17) is 10.5 Å². The fraction of sp³-hybridized carbons (Fsp3) is 0.474. The summed E-state index contributed by atoms with van der Waals surface area (Å²) in [5, 5.41) is 2.33. The minimum Gasteiger partial charge on any atom is -0.438 e. The number of nitrogens with one attached hydrogen (secondary N) is 1. The van der Waals surface area contributed by atoms with Gasteiger partial charge in [0, 0.05) is 10.4 Å². The highest BCUT2D eigenvalue weighted by molar-refractivity contribution is 8.01. The predicted octanol–water partition coefficient (Wildman–Crippen LogP) is 0.642. The maximum absolute atomic E-state index is 12.7. The molecule has 0 aromatic heterocycles. The Morgan fingerprint density at radius 3 is 2.60 bits per heavy atom. The fourth-order valence-electron chi connectivity index (χ4n) is 3.49. The Morgan fingerprint density at radius 2 is 1.93 bits per heavy atom. The van der Waals surface area contributed by atoms with Crippen molar-refractivity contribution >= 4 is 41.4 Å². The van der Waals surface area contributed by atoms with Crippen molar-refractivity contribution in [3.63, 3.8) is 0 Å². The number of carbonyl (C=O) groups is 4. The molecule has 3 N–H and O–H groups in total. The lowest BCUT2D eigenvalue weighted by Gasteiger charge is -2.43. The number of rotatable bonds is 6. The number of nitrogens with zero attached hydrogens (tertiary/aromatic N) is 1. The van der Waals surface area contributed by atoms with Crippen LogP contribution in [0.3, 0.4) is 0 Å². The molecule has 2 fully saturated rings. The van der Waals surface area contributed by atoms with Gasteiger partial charge in [0.15, 0.2) is 0 Å². The van der Waals surface area contributed by atoms with E-state index in [9.17, 15) is 19.2 Å². The molecule has 1 aromatic carbocycles. The van der Waals surface area contributed by atoms with Crippen LogP contribution in [0.4, 0.5) is 10.5 Å². The molecule has 2 amide bonds. The molecule has 162 valence electrons.